The van der Waals surface area contributed by atoms with Crippen LogP contribution in [0.5, 0.6) is 0 Å². The first-order valence-electron chi connectivity index (χ1n) is 9.92. The van der Waals surface area contributed by atoms with Gasteiger partial charge in [-0.25, -0.2) is 8.42 Å². The van der Waals surface area contributed by atoms with Gasteiger partial charge < -0.3 is 9.80 Å². The van der Waals surface area contributed by atoms with E-state index in [1.807, 2.05) is 4.90 Å². The molecule has 3 aliphatic heterocycles. The van der Waals surface area contributed by atoms with Gasteiger partial charge in [0.25, 0.3) is 0 Å². The molecule has 0 bridgehead atoms. The van der Waals surface area contributed by atoms with E-state index in [4.69, 9.17) is 0 Å². The first-order valence-corrected chi connectivity index (χ1v) is 13.1. The van der Waals surface area contributed by atoms with Crippen LogP contribution >= 0.6 is 27.7 Å². The number of halogens is 1. The number of aliphatic imine (C=N–C) groups is 1. The van der Waals surface area contributed by atoms with Gasteiger partial charge in [-0.05, 0) is 37.1 Å². The van der Waals surface area contributed by atoms with Crippen LogP contribution in [0.25, 0.3) is 0 Å². The van der Waals surface area contributed by atoms with Crippen LogP contribution < -0.4 is 0 Å². The summed E-state index contributed by atoms with van der Waals surface area (Å²) in [6.45, 7) is 4.24. The second-order valence-corrected chi connectivity index (χ2v) is 11.4. The maximum atomic E-state index is 12.9. The molecular weight excluding hydrogens is 476 g/mol. The van der Waals surface area contributed by atoms with Crippen molar-refractivity contribution >= 4 is 48.8 Å². The fourth-order valence-corrected chi connectivity index (χ4v) is 6.59. The normalized spacial score (nSPS) is 22.0. The summed E-state index contributed by atoms with van der Waals surface area (Å²) < 4.78 is 28.0. The second kappa shape index (κ2) is 8.95. The zero-order valence-corrected chi connectivity index (χ0v) is 19.4. The van der Waals surface area contributed by atoms with E-state index >= 15 is 0 Å². The number of sulfonamides is 1. The number of hydrogen-bond donors (Lipinski definition) is 0. The second-order valence-electron chi connectivity index (χ2n) is 7.46. The van der Waals surface area contributed by atoms with E-state index in [0.29, 0.717) is 31.1 Å². The molecule has 0 spiro atoms. The first kappa shape index (κ1) is 21.1. The number of benzene rings is 1. The molecule has 2 saturated heterocycles. The predicted octanol–water partition coefficient (Wildman–Crippen LogP) is 2.10. The number of nitrogens with zero attached hydrogens (tertiary/aromatic N) is 4. The lowest BCUT2D eigenvalue weighted by molar-refractivity contribution is -0.138. The standard InChI is InChI=1S/C19H25BrN4O3S2/c20-16-1-3-17(4-2-16)29(26,27)24-12-10-22(11-13-24)18(25)15-5-8-23(9-6-15)19-21-7-14-28-19/h1-4,15H,5-14H2. The van der Waals surface area contributed by atoms with Crippen molar-refractivity contribution in [1.82, 2.24) is 14.1 Å². The van der Waals surface area contributed by atoms with Crippen molar-refractivity contribution in [2.75, 3.05) is 51.6 Å². The monoisotopic (exact) mass is 500 g/mol. The summed E-state index contributed by atoms with van der Waals surface area (Å²) in [5, 5.41) is 1.13. The highest BCUT2D eigenvalue weighted by Gasteiger charge is 2.34. The fraction of sp³-hybridized carbons (Fsp3) is 0.579. The zero-order chi connectivity index (χ0) is 20.4. The van der Waals surface area contributed by atoms with Crippen molar-refractivity contribution in [1.29, 1.82) is 0 Å². The van der Waals surface area contributed by atoms with E-state index in [9.17, 15) is 13.2 Å². The summed E-state index contributed by atoms with van der Waals surface area (Å²) in [7, 11) is -3.52. The van der Waals surface area contributed by atoms with E-state index in [0.717, 1.165) is 47.9 Å². The molecular formula is C19H25BrN4O3S2. The average molecular weight is 501 g/mol. The van der Waals surface area contributed by atoms with Crippen LogP contribution in [0.2, 0.25) is 0 Å². The Morgan fingerprint density at radius 2 is 1.69 bits per heavy atom. The number of amidine groups is 1. The molecule has 0 N–H and O–H groups in total. The Hall–Kier alpha value is -1.10. The molecule has 3 aliphatic rings. The summed E-state index contributed by atoms with van der Waals surface area (Å²) in [6, 6.07) is 6.68. The first-order chi connectivity index (χ1) is 13.9. The van der Waals surface area contributed by atoms with Crippen molar-refractivity contribution in [3.8, 4) is 0 Å². The minimum atomic E-state index is -3.52. The Morgan fingerprint density at radius 3 is 2.28 bits per heavy atom. The Labute approximate surface area is 184 Å². The minimum Gasteiger partial charge on any atom is -0.351 e. The molecule has 29 heavy (non-hydrogen) atoms. The lowest BCUT2D eigenvalue weighted by Crippen LogP contribution is -2.53. The van der Waals surface area contributed by atoms with Crippen molar-refractivity contribution in [3.63, 3.8) is 0 Å². The molecule has 0 aromatic heterocycles. The number of thioether (sulfide) groups is 1. The van der Waals surface area contributed by atoms with Crippen molar-refractivity contribution in [2.45, 2.75) is 17.7 Å². The lowest BCUT2D eigenvalue weighted by atomic mass is 9.95. The lowest BCUT2D eigenvalue weighted by Gasteiger charge is -2.38. The van der Waals surface area contributed by atoms with Gasteiger partial charge in [-0.3, -0.25) is 9.79 Å². The van der Waals surface area contributed by atoms with E-state index in [1.54, 1.807) is 36.0 Å². The third kappa shape index (κ3) is 4.65. The van der Waals surface area contributed by atoms with Gasteiger partial charge >= 0.3 is 0 Å². The summed E-state index contributed by atoms with van der Waals surface area (Å²) in [5.41, 5.74) is 0. The molecule has 0 atom stereocenters. The minimum absolute atomic E-state index is 0.0351. The number of rotatable bonds is 3. The molecule has 10 heteroatoms. The van der Waals surface area contributed by atoms with E-state index in [1.165, 1.54) is 4.31 Å². The molecule has 0 unspecified atom stereocenters. The molecule has 3 heterocycles. The van der Waals surface area contributed by atoms with Crippen LogP contribution in [0.1, 0.15) is 12.8 Å². The van der Waals surface area contributed by atoms with Gasteiger partial charge in [0.2, 0.25) is 15.9 Å². The summed E-state index contributed by atoms with van der Waals surface area (Å²) in [5.74, 6) is 1.26. The molecule has 4 rings (SSSR count). The number of piperazine rings is 1. The van der Waals surface area contributed by atoms with Crippen molar-refractivity contribution in [2.24, 2.45) is 10.9 Å². The Balaban J connectivity index is 1.30. The SMILES string of the molecule is O=C(C1CCN(C2=NCCS2)CC1)N1CCN(S(=O)(=O)c2ccc(Br)cc2)CC1. The predicted molar refractivity (Wildman–Crippen MR) is 119 cm³/mol. The summed E-state index contributed by atoms with van der Waals surface area (Å²) >= 11 is 5.13. The quantitative estimate of drug-likeness (QED) is 0.635. The number of carbonyl (C=O) groups excluding carboxylic acids is 1. The molecule has 1 aromatic carbocycles. The Kier molecular flexibility index (Phi) is 6.53. The van der Waals surface area contributed by atoms with Crippen molar-refractivity contribution in [3.05, 3.63) is 28.7 Å². The number of amides is 1. The molecule has 0 aliphatic carbocycles. The Morgan fingerprint density at radius 1 is 1.03 bits per heavy atom. The van der Waals surface area contributed by atoms with Gasteiger partial charge in [0, 0.05) is 55.4 Å². The topological polar surface area (TPSA) is 73.3 Å². The van der Waals surface area contributed by atoms with E-state index in [-0.39, 0.29) is 11.8 Å². The number of piperidine rings is 1. The van der Waals surface area contributed by atoms with Crippen LogP contribution in [-0.2, 0) is 14.8 Å². The third-order valence-corrected chi connectivity index (χ3v) is 9.16. The van der Waals surface area contributed by atoms with Gasteiger partial charge in [0.05, 0.1) is 11.4 Å². The highest BCUT2D eigenvalue weighted by Crippen LogP contribution is 2.26. The van der Waals surface area contributed by atoms with Gasteiger partial charge in [-0.1, -0.05) is 27.7 Å². The average Bonchev–Trinajstić information content (AvgIpc) is 3.29. The van der Waals surface area contributed by atoms with Crippen LogP contribution in [0.4, 0.5) is 0 Å². The molecule has 1 amide bonds. The highest BCUT2D eigenvalue weighted by atomic mass is 79.9. The van der Waals surface area contributed by atoms with Crippen LogP contribution in [0.3, 0.4) is 0 Å². The molecule has 7 nitrogen and oxygen atoms in total. The Bertz CT molecular complexity index is 875. The summed E-state index contributed by atoms with van der Waals surface area (Å²) in [6.07, 6.45) is 1.69. The third-order valence-electron chi connectivity index (χ3n) is 5.69. The maximum Gasteiger partial charge on any atom is 0.243 e. The van der Waals surface area contributed by atoms with Crippen LogP contribution in [0.15, 0.2) is 38.6 Å². The highest BCUT2D eigenvalue weighted by molar-refractivity contribution is 9.10. The van der Waals surface area contributed by atoms with Gasteiger partial charge in [-0.15, -0.1) is 0 Å². The smallest absolute Gasteiger partial charge is 0.243 e. The summed E-state index contributed by atoms with van der Waals surface area (Å²) in [4.78, 5) is 21.9. The van der Waals surface area contributed by atoms with E-state index < -0.39 is 10.0 Å². The fourth-order valence-electron chi connectivity index (χ4n) is 4.00. The number of likely N-dealkylation sites (tertiary alicyclic amines) is 1. The molecule has 158 valence electrons. The molecule has 0 radical (unpaired) electrons. The molecule has 1 aromatic rings. The molecule has 0 saturated carbocycles. The van der Waals surface area contributed by atoms with Crippen molar-refractivity contribution < 1.29 is 13.2 Å². The van der Waals surface area contributed by atoms with Gasteiger partial charge in [0.1, 0.15) is 0 Å². The van der Waals surface area contributed by atoms with Gasteiger partial charge in [0.15, 0.2) is 5.17 Å². The largest absolute Gasteiger partial charge is 0.351 e. The van der Waals surface area contributed by atoms with E-state index in [2.05, 4.69) is 25.8 Å². The molecule has 2 fully saturated rings. The number of carbonyl (C=O) groups is 1. The number of hydrogen-bond acceptors (Lipinski definition) is 6. The van der Waals surface area contributed by atoms with Crippen LogP contribution in [-0.4, -0.2) is 85.2 Å². The maximum absolute atomic E-state index is 12.9. The van der Waals surface area contributed by atoms with Crippen LogP contribution in [0, 0.1) is 5.92 Å². The zero-order valence-electron chi connectivity index (χ0n) is 16.2. The van der Waals surface area contributed by atoms with Gasteiger partial charge in [-0.2, -0.15) is 4.31 Å².